The molecule has 0 N–H and O–H groups in total. The van der Waals surface area contributed by atoms with Crippen LogP contribution in [0.15, 0.2) is 54.3 Å². The molecule has 0 saturated heterocycles. The number of rotatable bonds is 0. The molecule has 0 unspecified atom stereocenters. The first-order valence-electron chi connectivity index (χ1n) is 4.24. The van der Waals surface area contributed by atoms with E-state index in [1.807, 2.05) is 36.4 Å². The molecule has 0 fully saturated rings. The second kappa shape index (κ2) is 9.89. The minimum Gasteiger partial charge on any atom is -0.176 e. The van der Waals surface area contributed by atoms with Crippen LogP contribution in [0.4, 0.5) is 0 Å². The molecule has 5 heteroatoms. The Morgan fingerprint density at radius 1 is 0.706 bits per heavy atom. The average Bonchev–Trinajstić information content (AvgIpc) is 2.28. The van der Waals surface area contributed by atoms with Gasteiger partial charge >= 0.3 is 20.4 Å². The van der Waals surface area contributed by atoms with E-state index < -0.39 is 0 Å². The molecule has 0 saturated carbocycles. The van der Waals surface area contributed by atoms with Crippen molar-refractivity contribution in [3.05, 3.63) is 66.4 Å². The van der Waals surface area contributed by atoms with Gasteiger partial charge in [-0.3, -0.25) is 0 Å². The fourth-order valence-electron chi connectivity index (χ4n) is 0.792. The van der Waals surface area contributed by atoms with Gasteiger partial charge in [-0.15, -0.1) is 31.9 Å². The zero-order valence-corrected chi connectivity index (χ0v) is 16.2. The summed E-state index contributed by atoms with van der Waals surface area (Å²) >= 11 is 13.2. The van der Waals surface area contributed by atoms with Crippen LogP contribution in [0.2, 0.25) is 0 Å². The van der Waals surface area contributed by atoms with Crippen LogP contribution in [-0.4, -0.2) is 0 Å². The van der Waals surface area contributed by atoms with Crippen LogP contribution < -0.4 is 0 Å². The normalized spacial score (nSPS) is 8.71. The van der Waals surface area contributed by atoms with Crippen LogP contribution in [0.1, 0.15) is 0 Å². The maximum Gasteiger partial charge on any atom is 2.00 e. The molecule has 0 amide bonds. The minimum atomic E-state index is 0. The molecule has 0 heterocycles. The zero-order chi connectivity index (χ0) is 12.0. The summed E-state index contributed by atoms with van der Waals surface area (Å²) in [6.45, 7) is 0. The van der Waals surface area contributed by atoms with Gasteiger partial charge < -0.3 is 0 Å². The third-order valence-electron chi connectivity index (χ3n) is 1.52. The van der Waals surface area contributed by atoms with E-state index in [4.69, 9.17) is 0 Å². The van der Waals surface area contributed by atoms with E-state index in [1.165, 1.54) is 0 Å². The first-order chi connectivity index (χ1) is 7.61. The standard InChI is InChI=1S/2C6H3Br2.Pd/c2*7-5-3-1-2-4-6(5)8;/h2*1-3H;/q2*-1;+2. The van der Waals surface area contributed by atoms with Crippen LogP contribution in [0.25, 0.3) is 0 Å². The van der Waals surface area contributed by atoms with Crippen molar-refractivity contribution in [2.45, 2.75) is 0 Å². The topological polar surface area (TPSA) is 0 Å². The quantitative estimate of drug-likeness (QED) is 0.266. The van der Waals surface area contributed by atoms with Gasteiger partial charge in [0.25, 0.3) is 0 Å². The van der Waals surface area contributed by atoms with Crippen molar-refractivity contribution in [2.24, 2.45) is 0 Å². The smallest absolute Gasteiger partial charge is 0.176 e. The number of benzene rings is 2. The Balaban J connectivity index is 0.000000284. The Morgan fingerprint density at radius 3 is 1.24 bits per heavy atom. The molecule has 0 spiro atoms. The second-order valence-electron chi connectivity index (χ2n) is 2.66. The molecular formula is C12H6Br4Pd. The van der Waals surface area contributed by atoms with E-state index in [2.05, 4.69) is 75.9 Å². The van der Waals surface area contributed by atoms with Gasteiger partial charge in [-0.1, -0.05) is 49.8 Å². The van der Waals surface area contributed by atoms with Crippen molar-refractivity contribution < 1.29 is 20.4 Å². The molecule has 0 nitrogen and oxygen atoms in total. The molecule has 0 bridgehead atoms. The Labute approximate surface area is 149 Å². The van der Waals surface area contributed by atoms with Crippen molar-refractivity contribution in [3.63, 3.8) is 0 Å². The first-order valence-corrected chi connectivity index (χ1v) is 7.42. The van der Waals surface area contributed by atoms with Gasteiger partial charge in [0.1, 0.15) is 0 Å². The van der Waals surface area contributed by atoms with Crippen molar-refractivity contribution in [1.82, 2.24) is 0 Å². The number of halogens is 4. The molecule has 2 rings (SSSR count). The largest absolute Gasteiger partial charge is 2.00 e. The second-order valence-corrected chi connectivity index (χ2v) is 5.96. The molecule has 0 atom stereocenters. The summed E-state index contributed by atoms with van der Waals surface area (Å²) in [6.07, 6.45) is 0. The fourth-order valence-corrected chi connectivity index (χ4v) is 1.85. The van der Waals surface area contributed by atoms with Gasteiger partial charge in [0, 0.05) is 0 Å². The van der Waals surface area contributed by atoms with Gasteiger partial charge in [0.15, 0.2) is 0 Å². The summed E-state index contributed by atoms with van der Waals surface area (Å²) in [7, 11) is 0. The predicted molar refractivity (Wildman–Crippen MR) is 81.4 cm³/mol. The molecule has 0 aliphatic rings. The molecule has 0 aliphatic heterocycles. The maximum absolute atomic E-state index is 3.32. The Morgan fingerprint density at radius 2 is 1.06 bits per heavy atom. The molecule has 0 aliphatic carbocycles. The summed E-state index contributed by atoms with van der Waals surface area (Å²) in [5.41, 5.74) is 0. The van der Waals surface area contributed by atoms with Crippen molar-refractivity contribution >= 4 is 63.7 Å². The van der Waals surface area contributed by atoms with Gasteiger partial charge in [-0.25, -0.2) is 0 Å². The molecule has 0 radical (unpaired) electrons. The maximum atomic E-state index is 3.32. The van der Waals surface area contributed by atoms with E-state index in [0.717, 1.165) is 17.9 Å². The zero-order valence-electron chi connectivity index (χ0n) is 8.29. The SMILES string of the molecule is Brc1[c-]cccc1Br.Brc1[c-]cccc1Br.[Pd+2]. The molecule has 2 aromatic carbocycles. The number of hydrogen-bond acceptors (Lipinski definition) is 0. The average molecular weight is 576 g/mol. The summed E-state index contributed by atoms with van der Waals surface area (Å²) in [4.78, 5) is 0. The summed E-state index contributed by atoms with van der Waals surface area (Å²) in [5.74, 6) is 0. The van der Waals surface area contributed by atoms with Crippen molar-refractivity contribution in [1.29, 1.82) is 0 Å². The van der Waals surface area contributed by atoms with Crippen LogP contribution in [0.3, 0.4) is 0 Å². The van der Waals surface area contributed by atoms with Gasteiger partial charge in [-0.05, 0) is 0 Å². The monoisotopic (exact) mass is 572 g/mol. The fraction of sp³-hybridized carbons (Fsp3) is 0. The van der Waals surface area contributed by atoms with Gasteiger partial charge in [0.2, 0.25) is 0 Å². The first kappa shape index (κ1) is 18.0. The summed E-state index contributed by atoms with van der Waals surface area (Å²) in [5, 5.41) is 0. The Kier molecular flexibility index (Phi) is 10.5. The van der Waals surface area contributed by atoms with Crippen LogP contribution in [0, 0.1) is 12.1 Å². The Bertz CT molecular complexity index is 374. The van der Waals surface area contributed by atoms with E-state index in [1.54, 1.807) is 0 Å². The minimum absolute atomic E-state index is 0. The van der Waals surface area contributed by atoms with Crippen LogP contribution >= 0.6 is 63.7 Å². The third kappa shape index (κ3) is 7.25. The summed E-state index contributed by atoms with van der Waals surface area (Å²) < 4.78 is 4.03. The molecule has 92 valence electrons. The van der Waals surface area contributed by atoms with Gasteiger partial charge in [0.05, 0.1) is 0 Å². The van der Waals surface area contributed by atoms with Gasteiger partial charge in [-0.2, -0.15) is 48.5 Å². The van der Waals surface area contributed by atoms with Crippen molar-refractivity contribution in [2.75, 3.05) is 0 Å². The van der Waals surface area contributed by atoms with E-state index in [0.29, 0.717) is 0 Å². The van der Waals surface area contributed by atoms with E-state index in [-0.39, 0.29) is 20.4 Å². The number of hydrogen-bond donors (Lipinski definition) is 0. The van der Waals surface area contributed by atoms with E-state index in [9.17, 15) is 0 Å². The molecular weight excluding hydrogens is 570 g/mol. The molecule has 2 aromatic rings. The van der Waals surface area contributed by atoms with E-state index >= 15 is 0 Å². The van der Waals surface area contributed by atoms with Crippen LogP contribution in [-0.2, 0) is 20.4 Å². The third-order valence-corrected chi connectivity index (χ3v) is 5.22. The Hall–Kier alpha value is 1.02. The molecule has 17 heavy (non-hydrogen) atoms. The summed E-state index contributed by atoms with van der Waals surface area (Å²) in [6, 6.07) is 17.4. The molecule has 0 aromatic heterocycles. The van der Waals surface area contributed by atoms with Crippen LogP contribution in [0.5, 0.6) is 0 Å². The van der Waals surface area contributed by atoms with Crippen molar-refractivity contribution in [3.8, 4) is 0 Å². The predicted octanol–water partition coefficient (Wildman–Crippen LogP) is 6.02.